The van der Waals surface area contributed by atoms with E-state index >= 15 is 0 Å². The van der Waals surface area contributed by atoms with E-state index in [1.165, 1.54) is 12.1 Å². The van der Waals surface area contributed by atoms with Gasteiger partial charge in [0, 0.05) is 23.6 Å². The molecule has 1 aliphatic carbocycles. The maximum Gasteiger partial charge on any atom is 0.330 e. The average Bonchev–Trinajstić information content (AvgIpc) is 3.38. The molecule has 2 aliphatic rings. The highest BCUT2D eigenvalue weighted by Crippen LogP contribution is 2.28. The van der Waals surface area contributed by atoms with Gasteiger partial charge in [0.1, 0.15) is 5.75 Å². The molecule has 0 aromatic heterocycles. The first-order chi connectivity index (χ1) is 13.5. The Balaban J connectivity index is 1.47. The number of rotatable bonds is 6. The van der Waals surface area contributed by atoms with Crippen LogP contribution in [0.15, 0.2) is 42.5 Å². The van der Waals surface area contributed by atoms with Crippen molar-refractivity contribution in [1.29, 1.82) is 0 Å². The van der Waals surface area contributed by atoms with Crippen molar-refractivity contribution in [1.82, 2.24) is 10.6 Å². The van der Waals surface area contributed by atoms with Gasteiger partial charge in [0.15, 0.2) is 6.04 Å². The zero-order chi connectivity index (χ0) is 19.7. The first-order valence-corrected chi connectivity index (χ1v) is 9.21. The number of ether oxygens (including phenoxy) is 1. The average molecular weight is 380 g/mol. The Kier molecular flexibility index (Phi) is 4.73. The summed E-state index contributed by atoms with van der Waals surface area (Å²) in [6.45, 7) is 0.573. The lowest BCUT2D eigenvalue weighted by Crippen LogP contribution is -2.33. The van der Waals surface area contributed by atoms with Crippen molar-refractivity contribution in [2.75, 3.05) is 6.61 Å². The molecule has 28 heavy (non-hydrogen) atoms. The number of carbonyl (C=O) groups is 3. The minimum Gasteiger partial charge on any atom is -0.493 e. The van der Waals surface area contributed by atoms with Gasteiger partial charge in [-0.3, -0.25) is 9.59 Å². The molecule has 4 rings (SSSR count). The Morgan fingerprint density at radius 1 is 1.00 bits per heavy atom. The summed E-state index contributed by atoms with van der Waals surface area (Å²) in [6, 6.07) is 10.4. The Morgan fingerprint density at radius 2 is 1.68 bits per heavy atom. The topological polar surface area (TPSA) is 105 Å². The number of fused-ring (bicyclic) bond motifs is 1. The van der Waals surface area contributed by atoms with Crippen LogP contribution >= 0.6 is 0 Å². The van der Waals surface area contributed by atoms with Crippen LogP contribution in [0, 0.1) is 0 Å². The third-order valence-corrected chi connectivity index (χ3v) is 4.89. The number of benzene rings is 2. The third kappa shape index (κ3) is 3.83. The molecule has 7 heteroatoms. The van der Waals surface area contributed by atoms with E-state index in [0.717, 1.165) is 24.2 Å². The van der Waals surface area contributed by atoms with Crippen molar-refractivity contribution in [3.8, 4) is 5.75 Å². The van der Waals surface area contributed by atoms with Crippen LogP contribution < -0.4 is 15.4 Å². The molecule has 2 aromatic rings. The number of amides is 2. The van der Waals surface area contributed by atoms with E-state index < -0.39 is 17.9 Å². The summed E-state index contributed by atoms with van der Waals surface area (Å²) in [6.07, 6.45) is 2.71. The summed E-state index contributed by atoms with van der Waals surface area (Å²) in [5.41, 5.74) is 2.19. The quantitative estimate of drug-likeness (QED) is 0.712. The fraction of sp³-hybridized carbons (Fsp3) is 0.286. The highest BCUT2D eigenvalue weighted by Gasteiger charge is 2.26. The van der Waals surface area contributed by atoms with E-state index in [0.29, 0.717) is 29.7 Å². The highest BCUT2D eigenvalue weighted by molar-refractivity contribution is 5.99. The molecule has 0 spiro atoms. The number of aliphatic carboxylic acids is 1. The van der Waals surface area contributed by atoms with Crippen molar-refractivity contribution in [3.05, 3.63) is 64.7 Å². The van der Waals surface area contributed by atoms with Gasteiger partial charge in [-0.15, -0.1) is 0 Å². The van der Waals surface area contributed by atoms with Crippen LogP contribution in [0.5, 0.6) is 5.75 Å². The monoisotopic (exact) mass is 380 g/mol. The van der Waals surface area contributed by atoms with Crippen molar-refractivity contribution in [3.63, 3.8) is 0 Å². The minimum absolute atomic E-state index is 0.168. The van der Waals surface area contributed by atoms with Gasteiger partial charge in [0.05, 0.1) is 6.61 Å². The lowest BCUT2D eigenvalue weighted by Gasteiger charge is -2.16. The van der Waals surface area contributed by atoms with E-state index in [4.69, 9.17) is 4.74 Å². The second kappa shape index (κ2) is 7.34. The van der Waals surface area contributed by atoms with E-state index in [-0.39, 0.29) is 11.9 Å². The molecular formula is C21H20N2O5. The first-order valence-electron chi connectivity index (χ1n) is 9.21. The number of hydrogen-bond donors (Lipinski definition) is 3. The molecule has 1 atom stereocenters. The standard InChI is InChI=1S/C21H20N2O5/c24-19(22-16-6-7-16)12-1-3-13(4-2-12)20(25)23-18(21(26)27)15-5-8-17-14(11-15)9-10-28-17/h1-5,8,11,16,18H,6-7,9-10H2,(H,22,24)(H,23,25)(H,26,27). The van der Waals surface area contributed by atoms with Crippen LogP contribution in [-0.2, 0) is 11.2 Å². The molecule has 144 valence electrons. The molecular weight excluding hydrogens is 360 g/mol. The second-order valence-corrected chi connectivity index (χ2v) is 7.04. The smallest absolute Gasteiger partial charge is 0.330 e. The Hall–Kier alpha value is -3.35. The maximum absolute atomic E-state index is 12.5. The number of nitrogens with one attached hydrogen (secondary N) is 2. The lowest BCUT2D eigenvalue weighted by atomic mass is 10.0. The molecule has 0 bridgehead atoms. The van der Waals surface area contributed by atoms with E-state index in [9.17, 15) is 19.5 Å². The SMILES string of the molecule is O=C(NC1CC1)c1ccc(C(=O)NC(C(=O)O)c2ccc3c(c2)CCO3)cc1. The van der Waals surface area contributed by atoms with E-state index in [2.05, 4.69) is 10.6 Å². The van der Waals surface area contributed by atoms with Gasteiger partial charge < -0.3 is 20.5 Å². The van der Waals surface area contributed by atoms with Crippen LogP contribution in [0.2, 0.25) is 0 Å². The van der Waals surface area contributed by atoms with Crippen molar-refractivity contribution in [2.24, 2.45) is 0 Å². The summed E-state index contributed by atoms with van der Waals surface area (Å²) in [4.78, 5) is 36.3. The Labute approximate surface area is 161 Å². The molecule has 7 nitrogen and oxygen atoms in total. The minimum atomic E-state index is -1.17. The first kappa shape index (κ1) is 18.0. The van der Waals surface area contributed by atoms with E-state index in [1.807, 2.05) is 0 Å². The van der Waals surface area contributed by atoms with Gasteiger partial charge in [-0.05, 0) is 60.4 Å². The van der Waals surface area contributed by atoms with Crippen LogP contribution in [0.4, 0.5) is 0 Å². The van der Waals surface area contributed by atoms with Crippen molar-refractivity contribution in [2.45, 2.75) is 31.3 Å². The molecule has 1 fully saturated rings. The molecule has 2 aromatic carbocycles. The number of hydrogen-bond acceptors (Lipinski definition) is 4. The molecule has 0 radical (unpaired) electrons. The van der Waals surface area contributed by atoms with Gasteiger partial charge in [0.2, 0.25) is 0 Å². The van der Waals surface area contributed by atoms with Crippen molar-refractivity contribution >= 4 is 17.8 Å². The van der Waals surface area contributed by atoms with Crippen LogP contribution in [0.1, 0.15) is 50.7 Å². The molecule has 1 heterocycles. The number of carbonyl (C=O) groups excluding carboxylic acids is 2. The maximum atomic E-state index is 12.5. The molecule has 2 amide bonds. The van der Waals surface area contributed by atoms with Crippen LogP contribution in [-0.4, -0.2) is 35.5 Å². The van der Waals surface area contributed by atoms with Gasteiger partial charge in [-0.25, -0.2) is 4.79 Å². The van der Waals surface area contributed by atoms with E-state index in [1.54, 1.807) is 30.3 Å². The number of carboxylic acids is 1. The zero-order valence-corrected chi connectivity index (χ0v) is 15.1. The van der Waals surface area contributed by atoms with Crippen LogP contribution in [0.3, 0.4) is 0 Å². The summed E-state index contributed by atoms with van der Waals surface area (Å²) < 4.78 is 5.43. The second-order valence-electron chi connectivity index (χ2n) is 7.04. The third-order valence-electron chi connectivity index (χ3n) is 4.89. The molecule has 3 N–H and O–H groups in total. The Bertz CT molecular complexity index is 934. The fourth-order valence-corrected chi connectivity index (χ4v) is 3.16. The molecule has 0 saturated heterocycles. The van der Waals surface area contributed by atoms with Gasteiger partial charge in [0.25, 0.3) is 11.8 Å². The summed E-state index contributed by atoms with van der Waals surface area (Å²) >= 11 is 0. The van der Waals surface area contributed by atoms with Crippen LogP contribution in [0.25, 0.3) is 0 Å². The predicted molar refractivity (Wildman–Crippen MR) is 100 cm³/mol. The van der Waals surface area contributed by atoms with Crippen molar-refractivity contribution < 1.29 is 24.2 Å². The molecule has 1 aliphatic heterocycles. The summed E-state index contributed by atoms with van der Waals surface area (Å²) in [7, 11) is 0. The van der Waals surface area contributed by atoms with Gasteiger partial charge in [-0.1, -0.05) is 6.07 Å². The summed E-state index contributed by atoms with van der Waals surface area (Å²) in [5.74, 6) is -1.08. The molecule has 1 saturated carbocycles. The zero-order valence-electron chi connectivity index (χ0n) is 15.1. The normalized spacial score (nSPS) is 15.9. The van der Waals surface area contributed by atoms with Gasteiger partial charge in [-0.2, -0.15) is 0 Å². The largest absolute Gasteiger partial charge is 0.493 e. The predicted octanol–water partition coefficient (Wildman–Crippen LogP) is 2.07. The highest BCUT2D eigenvalue weighted by atomic mass is 16.5. The number of carboxylic acid groups (broad SMARTS) is 1. The lowest BCUT2D eigenvalue weighted by molar-refractivity contribution is -0.139. The Morgan fingerprint density at radius 3 is 2.32 bits per heavy atom. The van der Waals surface area contributed by atoms with Gasteiger partial charge >= 0.3 is 5.97 Å². The summed E-state index contributed by atoms with van der Waals surface area (Å²) in [5, 5.41) is 15.0. The fourth-order valence-electron chi connectivity index (χ4n) is 3.16. The molecule has 1 unspecified atom stereocenters.